The molecule has 0 radical (unpaired) electrons. The van der Waals surface area contributed by atoms with Crippen molar-refractivity contribution in [3.05, 3.63) is 63.5 Å². The van der Waals surface area contributed by atoms with Crippen molar-refractivity contribution in [3.8, 4) is 0 Å². The Morgan fingerprint density at radius 1 is 1.24 bits per heavy atom. The molecule has 0 unspecified atom stereocenters. The van der Waals surface area contributed by atoms with Crippen LogP contribution in [0.15, 0.2) is 47.3 Å². The molecule has 3 aromatic rings. The van der Waals surface area contributed by atoms with Gasteiger partial charge in [-0.25, -0.2) is 9.36 Å². The first-order valence-corrected chi connectivity index (χ1v) is 6.70. The van der Waals surface area contributed by atoms with E-state index < -0.39 is 5.69 Å². The molecule has 0 saturated heterocycles. The summed E-state index contributed by atoms with van der Waals surface area (Å²) in [6, 6.07) is 11.9. The van der Waals surface area contributed by atoms with E-state index in [2.05, 4.69) is 4.98 Å². The van der Waals surface area contributed by atoms with E-state index >= 15 is 0 Å². The van der Waals surface area contributed by atoms with E-state index in [4.69, 9.17) is 17.3 Å². The third-order valence-corrected chi connectivity index (χ3v) is 3.44. The van der Waals surface area contributed by atoms with Gasteiger partial charge in [0.1, 0.15) is 0 Å². The van der Waals surface area contributed by atoms with Crippen LogP contribution in [0.3, 0.4) is 0 Å². The van der Waals surface area contributed by atoms with Gasteiger partial charge in [0, 0.05) is 10.7 Å². The number of carbonyl (C=O) groups is 1. The average Bonchev–Trinajstić information content (AvgIpc) is 2.73. The quantitative estimate of drug-likeness (QED) is 0.713. The molecule has 3 rings (SSSR count). The second-order valence-corrected chi connectivity index (χ2v) is 5.18. The van der Waals surface area contributed by atoms with Gasteiger partial charge in [-0.1, -0.05) is 23.7 Å². The van der Waals surface area contributed by atoms with Crippen LogP contribution in [0.5, 0.6) is 0 Å². The largest absolute Gasteiger partial charge is 0.399 e. The zero-order chi connectivity index (χ0) is 15.0. The van der Waals surface area contributed by atoms with E-state index in [1.807, 2.05) is 0 Å². The van der Waals surface area contributed by atoms with Crippen molar-refractivity contribution >= 4 is 34.2 Å². The van der Waals surface area contributed by atoms with Gasteiger partial charge in [-0.05, 0) is 35.9 Å². The lowest BCUT2D eigenvalue weighted by Gasteiger charge is -2.03. The van der Waals surface area contributed by atoms with Gasteiger partial charge in [0.2, 0.25) is 5.91 Å². The fourth-order valence-electron chi connectivity index (χ4n) is 2.28. The third-order valence-electron chi connectivity index (χ3n) is 3.20. The first kappa shape index (κ1) is 13.5. The van der Waals surface area contributed by atoms with E-state index in [9.17, 15) is 9.59 Å². The first-order chi connectivity index (χ1) is 10.0. The number of H-pyrrole nitrogens is 1. The molecule has 0 fully saturated rings. The van der Waals surface area contributed by atoms with Crippen LogP contribution in [0.25, 0.3) is 11.0 Å². The van der Waals surface area contributed by atoms with E-state index in [1.54, 1.807) is 42.5 Å². The number of hydrogen-bond acceptors (Lipinski definition) is 3. The maximum atomic E-state index is 12.4. The number of nitrogens with two attached hydrogens (primary N) is 1. The van der Waals surface area contributed by atoms with E-state index in [0.29, 0.717) is 21.7 Å². The lowest BCUT2D eigenvalue weighted by atomic mass is 10.1. The molecule has 5 nitrogen and oxygen atoms in total. The summed E-state index contributed by atoms with van der Waals surface area (Å²) in [5.41, 5.74) is 7.54. The van der Waals surface area contributed by atoms with Gasteiger partial charge in [-0.3, -0.25) is 4.79 Å². The highest BCUT2D eigenvalue weighted by Crippen LogP contribution is 2.16. The Hall–Kier alpha value is -2.53. The van der Waals surface area contributed by atoms with Crippen LogP contribution in [0.4, 0.5) is 5.69 Å². The summed E-state index contributed by atoms with van der Waals surface area (Å²) in [6.45, 7) is 0. The number of benzene rings is 2. The molecular weight excluding hydrogens is 290 g/mol. The summed E-state index contributed by atoms with van der Waals surface area (Å²) in [5.74, 6) is -0.321. The molecular formula is C15H12ClN3O2. The Labute approximate surface area is 125 Å². The number of nitrogens with one attached hydrogen (secondary N) is 1. The fourth-order valence-corrected chi connectivity index (χ4v) is 2.49. The van der Waals surface area contributed by atoms with Crippen molar-refractivity contribution in [1.29, 1.82) is 0 Å². The zero-order valence-electron chi connectivity index (χ0n) is 11.0. The minimum atomic E-state index is -0.470. The second kappa shape index (κ2) is 5.10. The number of aromatic amines is 1. The van der Waals surface area contributed by atoms with Crippen LogP contribution in [0.1, 0.15) is 10.4 Å². The van der Waals surface area contributed by atoms with E-state index in [1.165, 1.54) is 0 Å². The number of rotatable bonds is 2. The van der Waals surface area contributed by atoms with E-state index in [-0.39, 0.29) is 12.3 Å². The predicted molar refractivity (Wildman–Crippen MR) is 82.8 cm³/mol. The normalized spacial score (nSPS) is 10.9. The number of carbonyl (C=O) groups excluding carboxylic acids is 1. The number of nitrogen functional groups attached to an aromatic ring is 1. The van der Waals surface area contributed by atoms with Gasteiger partial charge >= 0.3 is 5.69 Å². The van der Waals surface area contributed by atoms with Crippen molar-refractivity contribution < 1.29 is 4.79 Å². The Kier molecular flexibility index (Phi) is 3.27. The molecule has 0 aliphatic carbocycles. The van der Waals surface area contributed by atoms with Gasteiger partial charge in [0.25, 0.3) is 0 Å². The van der Waals surface area contributed by atoms with Crippen molar-refractivity contribution in [2.45, 2.75) is 6.42 Å². The number of anilines is 1. The SMILES string of the molecule is Nc1ccc2c(c1)[nH]c(=O)n2C(=O)Cc1cccc(Cl)c1. The summed E-state index contributed by atoms with van der Waals surface area (Å²) < 4.78 is 1.12. The Bertz CT molecular complexity index is 895. The van der Waals surface area contributed by atoms with Gasteiger partial charge in [-0.15, -0.1) is 0 Å². The maximum absolute atomic E-state index is 12.4. The fraction of sp³-hybridized carbons (Fsp3) is 0.0667. The molecule has 0 amide bonds. The summed E-state index contributed by atoms with van der Waals surface area (Å²) in [7, 11) is 0. The van der Waals surface area contributed by atoms with Crippen molar-refractivity contribution in [3.63, 3.8) is 0 Å². The average molecular weight is 302 g/mol. The number of aromatic nitrogens is 2. The van der Waals surface area contributed by atoms with Gasteiger partial charge in [-0.2, -0.15) is 0 Å². The lowest BCUT2D eigenvalue weighted by Crippen LogP contribution is -2.25. The highest BCUT2D eigenvalue weighted by atomic mass is 35.5. The molecule has 3 N–H and O–H groups in total. The molecule has 0 aliphatic rings. The summed E-state index contributed by atoms with van der Waals surface area (Å²) >= 11 is 5.90. The minimum absolute atomic E-state index is 0.0950. The molecule has 2 aromatic carbocycles. The standard InChI is InChI=1S/C15H12ClN3O2/c16-10-3-1-2-9(6-10)7-14(20)19-13-5-4-11(17)8-12(13)18-15(19)21/h1-6,8H,7,17H2,(H,18,21). The summed E-state index contributed by atoms with van der Waals surface area (Å²) in [5, 5.41) is 0.555. The van der Waals surface area contributed by atoms with Crippen LogP contribution in [0, 0.1) is 0 Å². The minimum Gasteiger partial charge on any atom is -0.399 e. The molecule has 6 heteroatoms. The molecule has 1 heterocycles. The molecule has 0 aliphatic heterocycles. The predicted octanol–water partition coefficient (Wildman–Crippen LogP) is 2.45. The van der Waals surface area contributed by atoms with Crippen LogP contribution >= 0.6 is 11.6 Å². The Morgan fingerprint density at radius 2 is 2.05 bits per heavy atom. The highest BCUT2D eigenvalue weighted by molar-refractivity contribution is 6.30. The lowest BCUT2D eigenvalue weighted by molar-refractivity contribution is 0.0915. The van der Waals surface area contributed by atoms with Crippen molar-refractivity contribution in [1.82, 2.24) is 9.55 Å². The number of imidazole rings is 1. The number of nitrogens with zero attached hydrogens (tertiary/aromatic N) is 1. The van der Waals surface area contributed by atoms with Gasteiger partial charge < -0.3 is 10.7 Å². The number of halogens is 1. The molecule has 1 aromatic heterocycles. The molecule has 0 bridgehead atoms. The monoisotopic (exact) mass is 301 g/mol. The second-order valence-electron chi connectivity index (χ2n) is 4.74. The first-order valence-electron chi connectivity index (χ1n) is 6.32. The third kappa shape index (κ3) is 2.55. The molecule has 0 atom stereocenters. The van der Waals surface area contributed by atoms with Crippen molar-refractivity contribution in [2.24, 2.45) is 0 Å². The Balaban J connectivity index is 2.02. The van der Waals surface area contributed by atoms with Gasteiger partial charge in [0.15, 0.2) is 0 Å². The van der Waals surface area contributed by atoms with Crippen molar-refractivity contribution in [2.75, 3.05) is 5.73 Å². The topological polar surface area (TPSA) is 80.9 Å². The Morgan fingerprint density at radius 3 is 2.81 bits per heavy atom. The molecule has 106 valence electrons. The van der Waals surface area contributed by atoms with Crippen LogP contribution in [0.2, 0.25) is 5.02 Å². The summed E-state index contributed by atoms with van der Waals surface area (Å²) in [6.07, 6.45) is 0.0950. The maximum Gasteiger partial charge on any atom is 0.333 e. The number of hydrogen-bond donors (Lipinski definition) is 2. The summed E-state index contributed by atoms with van der Waals surface area (Å²) in [4.78, 5) is 27.0. The van der Waals surface area contributed by atoms with E-state index in [0.717, 1.165) is 10.1 Å². The van der Waals surface area contributed by atoms with Crippen LogP contribution in [-0.2, 0) is 6.42 Å². The molecule has 0 saturated carbocycles. The van der Waals surface area contributed by atoms with Gasteiger partial charge in [0.05, 0.1) is 17.5 Å². The molecule has 21 heavy (non-hydrogen) atoms. The van der Waals surface area contributed by atoms with Crippen LogP contribution < -0.4 is 11.4 Å². The number of fused-ring (bicyclic) bond motifs is 1. The highest BCUT2D eigenvalue weighted by Gasteiger charge is 2.14. The smallest absolute Gasteiger partial charge is 0.333 e. The molecule has 0 spiro atoms. The van der Waals surface area contributed by atoms with Crippen LogP contribution in [-0.4, -0.2) is 15.5 Å². The zero-order valence-corrected chi connectivity index (χ0v) is 11.7.